The molecule has 0 unspecified atom stereocenters. The Hall–Kier alpha value is -2.91. The van der Waals surface area contributed by atoms with Crippen molar-refractivity contribution in [3.8, 4) is 17.7 Å². The molecule has 2 bridgehead atoms. The van der Waals surface area contributed by atoms with Gasteiger partial charge in [-0.15, -0.1) is 0 Å². The summed E-state index contributed by atoms with van der Waals surface area (Å²) in [4.78, 5) is 16.5. The maximum absolute atomic E-state index is 12.4. The number of pyridine rings is 1. The number of aromatic nitrogens is 1. The number of ether oxygens (including phenoxy) is 1. The lowest BCUT2D eigenvalue weighted by Crippen LogP contribution is -2.42. The third-order valence-electron chi connectivity index (χ3n) is 4.79. The quantitative estimate of drug-likeness (QED) is 0.896. The molecule has 25 heavy (non-hydrogen) atoms. The molecule has 2 aromatic rings. The van der Waals surface area contributed by atoms with Crippen LogP contribution in [0.5, 0.6) is 11.6 Å². The van der Waals surface area contributed by atoms with Crippen LogP contribution < -0.4 is 15.4 Å². The molecule has 1 aromatic heterocycles. The molecule has 2 N–H and O–H groups in total. The van der Waals surface area contributed by atoms with E-state index in [0.29, 0.717) is 35.0 Å². The summed E-state index contributed by atoms with van der Waals surface area (Å²) in [7, 11) is 0. The van der Waals surface area contributed by atoms with E-state index in [0.717, 1.165) is 12.8 Å². The summed E-state index contributed by atoms with van der Waals surface area (Å²) in [6, 6.07) is 15.1. The number of hydrogen-bond donors (Lipinski definition) is 2. The lowest BCUT2D eigenvalue weighted by molar-refractivity contribution is 0.0931. The fourth-order valence-corrected chi connectivity index (χ4v) is 3.56. The first kappa shape index (κ1) is 15.6. The third kappa shape index (κ3) is 3.32. The van der Waals surface area contributed by atoms with Crippen LogP contribution in [-0.2, 0) is 0 Å². The number of fused-ring (bicyclic) bond motifs is 2. The molecule has 1 aromatic carbocycles. The number of nitrogens with one attached hydrogen (secondary N) is 2. The fraction of sp³-hybridized carbons (Fsp3) is 0.316. The first-order valence-electron chi connectivity index (χ1n) is 8.43. The summed E-state index contributed by atoms with van der Waals surface area (Å²) in [6.07, 6.45) is 3.36. The van der Waals surface area contributed by atoms with Crippen LogP contribution >= 0.6 is 0 Å². The molecule has 0 aliphatic carbocycles. The molecule has 3 atom stereocenters. The Morgan fingerprint density at radius 3 is 2.76 bits per heavy atom. The molecular weight excluding hydrogens is 316 g/mol. The lowest BCUT2D eigenvalue weighted by Gasteiger charge is -2.21. The molecule has 0 spiro atoms. The van der Waals surface area contributed by atoms with Crippen molar-refractivity contribution in [1.29, 1.82) is 5.26 Å². The van der Waals surface area contributed by atoms with Crippen LogP contribution in [0, 0.1) is 11.3 Å². The minimum Gasteiger partial charge on any atom is -0.439 e. The summed E-state index contributed by atoms with van der Waals surface area (Å²) < 4.78 is 5.63. The smallest absolute Gasteiger partial charge is 0.251 e. The zero-order chi connectivity index (χ0) is 17.2. The van der Waals surface area contributed by atoms with Crippen LogP contribution in [0.25, 0.3) is 0 Å². The van der Waals surface area contributed by atoms with Crippen molar-refractivity contribution in [2.75, 3.05) is 0 Å². The Kier molecular flexibility index (Phi) is 4.08. The van der Waals surface area contributed by atoms with E-state index in [4.69, 9.17) is 10.00 Å². The van der Waals surface area contributed by atoms with Crippen molar-refractivity contribution in [1.82, 2.24) is 15.6 Å². The largest absolute Gasteiger partial charge is 0.439 e. The van der Waals surface area contributed by atoms with Gasteiger partial charge in [-0.3, -0.25) is 4.79 Å². The van der Waals surface area contributed by atoms with Crippen LogP contribution in [0.4, 0.5) is 0 Å². The molecule has 1 amide bonds. The van der Waals surface area contributed by atoms with E-state index in [1.807, 2.05) is 6.07 Å². The molecule has 126 valence electrons. The number of nitrogens with zero attached hydrogens (tertiary/aromatic N) is 2. The second-order valence-corrected chi connectivity index (χ2v) is 6.46. The summed E-state index contributed by atoms with van der Waals surface area (Å²) >= 11 is 0. The second kappa shape index (κ2) is 6.54. The number of amides is 1. The van der Waals surface area contributed by atoms with Gasteiger partial charge in [0.1, 0.15) is 17.5 Å². The standard InChI is InChI=1S/C19H18N4O2/c20-11-14-2-1-3-18(22-14)25-15-7-4-12(5-8-15)19(24)23-17-10-13-6-9-16(17)21-13/h1-5,7-8,13,16-17,21H,6,9-10H2,(H,23,24)/t13-,16+,17-/m1/s1. The molecule has 3 heterocycles. The highest BCUT2D eigenvalue weighted by Crippen LogP contribution is 2.28. The van der Waals surface area contributed by atoms with Gasteiger partial charge in [-0.1, -0.05) is 6.07 Å². The van der Waals surface area contributed by atoms with Crippen molar-refractivity contribution in [3.63, 3.8) is 0 Å². The Morgan fingerprint density at radius 1 is 1.24 bits per heavy atom. The zero-order valence-electron chi connectivity index (χ0n) is 13.6. The normalized spacial score (nSPS) is 23.9. The van der Waals surface area contributed by atoms with E-state index in [2.05, 4.69) is 15.6 Å². The number of rotatable bonds is 4. The van der Waals surface area contributed by atoms with E-state index in [1.165, 1.54) is 6.42 Å². The van der Waals surface area contributed by atoms with Gasteiger partial charge in [0.25, 0.3) is 5.91 Å². The highest BCUT2D eigenvalue weighted by atomic mass is 16.5. The van der Waals surface area contributed by atoms with Crippen molar-refractivity contribution in [3.05, 3.63) is 53.7 Å². The van der Waals surface area contributed by atoms with Crippen LogP contribution in [0.1, 0.15) is 35.3 Å². The van der Waals surface area contributed by atoms with E-state index in [1.54, 1.807) is 42.5 Å². The molecular formula is C19H18N4O2. The molecule has 6 nitrogen and oxygen atoms in total. The SMILES string of the molecule is N#Cc1cccc(Oc2ccc(C(=O)N[C@@H]3C[C@H]4CC[C@@H]3N4)cc2)n1. The predicted molar refractivity (Wildman–Crippen MR) is 91.3 cm³/mol. The Bertz CT molecular complexity index is 828. The van der Waals surface area contributed by atoms with Gasteiger partial charge in [0.05, 0.1) is 0 Å². The van der Waals surface area contributed by atoms with Crippen LogP contribution in [0.3, 0.4) is 0 Å². The highest BCUT2D eigenvalue weighted by molar-refractivity contribution is 5.94. The first-order valence-corrected chi connectivity index (χ1v) is 8.43. The van der Waals surface area contributed by atoms with Crippen LogP contribution in [-0.4, -0.2) is 29.0 Å². The number of carbonyl (C=O) groups excluding carboxylic acids is 1. The maximum Gasteiger partial charge on any atom is 0.251 e. The lowest BCUT2D eigenvalue weighted by atomic mass is 9.95. The Balaban J connectivity index is 1.39. The highest BCUT2D eigenvalue weighted by Gasteiger charge is 2.39. The van der Waals surface area contributed by atoms with Crippen molar-refractivity contribution in [2.24, 2.45) is 0 Å². The van der Waals surface area contributed by atoms with Crippen LogP contribution in [0.2, 0.25) is 0 Å². The molecule has 4 rings (SSSR count). The van der Waals surface area contributed by atoms with Crippen LogP contribution in [0.15, 0.2) is 42.5 Å². The van der Waals surface area contributed by atoms with E-state index >= 15 is 0 Å². The Morgan fingerprint density at radius 2 is 2.08 bits per heavy atom. The topological polar surface area (TPSA) is 87.0 Å². The van der Waals surface area contributed by atoms with Crippen molar-refractivity contribution in [2.45, 2.75) is 37.4 Å². The van der Waals surface area contributed by atoms with E-state index in [-0.39, 0.29) is 11.9 Å². The molecule has 6 heteroatoms. The summed E-state index contributed by atoms with van der Waals surface area (Å²) in [5, 5.41) is 15.5. The number of hydrogen-bond acceptors (Lipinski definition) is 5. The molecule has 2 saturated heterocycles. The van der Waals surface area contributed by atoms with Gasteiger partial charge < -0.3 is 15.4 Å². The minimum absolute atomic E-state index is 0.0597. The molecule has 2 aliphatic heterocycles. The maximum atomic E-state index is 12.4. The minimum atomic E-state index is -0.0597. The summed E-state index contributed by atoms with van der Waals surface area (Å²) in [5.74, 6) is 0.862. The van der Waals surface area contributed by atoms with Crippen molar-refractivity contribution < 1.29 is 9.53 Å². The molecule has 2 aliphatic rings. The zero-order valence-corrected chi connectivity index (χ0v) is 13.6. The average molecular weight is 334 g/mol. The Labute approximate surface area is 145 Å². The summed E-state index contributed by atoms with van der Waals surface area (Å²) in [6.45, 7) is 0. The van der Waals surface area contributed by atoms with Crippen molar-refractivity contribution >= 4 is 5.91 Å². The molecule has 0 radical (unpaired) electrons. The predicted octanol–water partition coefficient (Wildman–Crippen LogP) is 2.37. The third-order valence-corrected chi connectivity index (χ3v) is 4.79. The van der Waals surface area contributed by atoms with Gasteiger partial charge in [0, 0.05) is 29.8 Å². The number of benzene rings is 1. The first-order chi connectivity index (χ1) is 12.2. The monoisotopic (exact) mass is 334 g/mol. The second-order valence-electron chi connectivity index (χ2n) is 6.46. The van der Waals surface area contributed by atoms with Gasteiger partial charge in [-0.05, 0) is 49.6 Å². The van der Waals surface area contributed by atoms with E-state index in [9.17, 15) is 4.79 Å². The van der Waals surface area contributed by atoms with Gasteiger partial charge in [-0.2, -0.15) is 5.26 Å². The number of nitriles is 1. The van der Waals surface area contributed by atoms with E-state index < -0.39 is 0 Å². The number of carbonyl (C=O) groups is 1. The van der Waals surface area contributed by atoms with Gasteiger partial charge in [-0.25, -0.2) is 4.98 Å². The molecule has 0 saturated carbocycles. The fourth-order valence-electron chi connectivity index (χ4n) is 3.56. The average Bonchev–Trinajstić information content (AvgIpc) is 3.25. The molecule has 2 fully saturated rings. The van der Waals surface area contributed by atoms with Gasteiger partial charge in [0.15, 0.2) is 0 Å². The van der Waals surface area contributed by atoms with Gasteiger partial charge >= 0.3 is 0 Å². The van der Waals surface area contributed by atoms with Gasteiger partial charge in [0.2, 0.25) is 5.88 Å². The summed E-state index contributed by atoms with van der Waals surface area (Å²) in [5.41, 5.74) is 0.904.